The van der Waals surface area contributed by atoms with Gasteiger partial charge in [0.25, 0.3) is 11.8 Å². The van der Waals surface area contributed by atoms with Crippen LogP contribution < -0.4 is 5.32 Å². The van der Waals surface area contributed by atoms with Crippen LogP contribution in [0.2, 0.25) is 0 Å². The topological polar surface area (TPSA) is 73.0 Å². The highest BCUT2D eigenvalue weighted by molar-refractivity contribution is 6.25. The molecule has 0 spiro atoms. The van der Waals surface area contributed by atoms with Crippen molar-refractivity contribution in [2.24, 2.45) is 0 Å². The van der Waals surface area contributed by atoms with E-state index in [1.54, 1.807) is 0 Å². The highest BCUT2D eigenvalue weighted by Gasteiger charge is 2.33. The summed E-state index contributed by atoms with van der Waals surface area (Å²) in [6.07, 6.45) is 1.81. The zero-order valence-corrected chi connectivity index (χ0v) is 20.3. The SMILES string of the molecule is O=C(CN1CCN(CCN2C(=O)c3cccc4cccc(c34)C2=O)CC1)NC1Cc2ccccc2C1. The Morgan fingerprint density at radius 3 is 1.94 bits per heavy atom. The standard InChI is InChI=1S/C29H30N4O3/c34-26(30-23-17-21-5-1-2-6-22(21)18-23)19-32-13-11-31(12-14-32)15-16-33-28(35)24-9-3-7-20-8-4-10-25(27(20)24)29(33)36/h1-10,23H,11-19H2,(H,30,34). The van der Waals surface area contributed by atoms with E-state index in [0.717, 1.165) is 49.8 Å². The molecule has 2 aliphatic heterocycles. The van der Waals surface area contributed by atoms with Crippen LogP contribution in [0.1, 0.15) is 31.8 Å². The summed E-state index contributed by atoms with van der Waals surface area (Å²) >= 11 is 0. The maximum Gasteiger partial charge on any atom is 0.261 e. The summed E-state index contributed by atoms with van der Waals surface area (Å²) in [5, 5.41) is 4.89. The summed E-state index contributed by atoms with van der Waals surface area (Å²) in [4.78, 5) is 44.7. The van der Waals surface area contributed by atoms with Crippen LogP contribution in [0, 0.1) is 0 Å². The summed E-state index contributed by atoms with van der Waals surface area (Å²) in [5.74, 6) is -0.346. The lowest BCUT2D eigenvalue weighted by Crippen LogP contribution is -2.52. The summed E-state index contributed by atoms with van der Waals surface area (Å²) in [7, 11) is 0. The Balaban J connectivity index is 0.986. The first-order valence-electron chi connectivity index (χ1n) is 12.8. The summed E-state index contributed by atoms with van der Waals surface area (Å²) < 4.78 is 0. The van der Waals surface area contributed by atoms with Gasteiger partial charge in [0.1, 0.15) is 0 Å². The zero-order chi connectivity index (χ0) is 24.6. The number of benzene rings is 3. The zero-order valence-electron chi connectivity index (χ0n) is 20.3. The molecule has 1 N–H and O–H groups in total. The van der Waals surface area contributed by atoms with Gasteiger partial charge in [-0.15, -0.1) is 0 Å². The molecular weight excluding hydrogens is 452 g/mol. The number of carbonyl (C=O) groups is 3. The molecule has 3 aromatic rings. The van der Waals surface area contributed by atoms with Gasteiger partial charge in [0.05, 0.1) is 6.54 Å². The highest BCUT2D eigenvalue weighted by Crippen LogP contribution is 2.29. The van der Waals surface area contributed by atoms with Gasteiger partial charge in [-0.05, 0) is 41.5 Å². The number of fused-ring (bicyclic) bond motifs is 1. The summed E-state index contributed by atoms with van der Waals surface area (Å²) in [6, 6.07) is 19.8. The lowest BCUT2D eigenvalue weighted by molar-refractivity contribution is -0.123. The quantitative estimate of drug-likeness (QED) is 0.546. The van der Waals surface area contributed by atoms with Crippen molar-refractivity contribution in [1.29, 1.82) is 0 Å². The lowest BCUT2D eigenvalue weighted by atomic mass is 9.94. The number of imide groups is 1. The number of nitrogens with zero attached hydrogens (tertiary/aromatic N) is 3. The second-order valence-corrected chi connectivity index (χ2v) is 10.0. The van der Waals surface area contributed by atoms with Gasteiger partial charge in [0.15, 0.2) is 0 Å². The van der Waals surface area contributed by atoms with Crippen LogP contribution in [-0.4, -0.2) is 84.3 Å². The molecule has 3 aromatic carbocycles. The van der Waals surface area contributed by atoms with E-state index >= 15 is 0 Å². The van der Waals surface area contributed by atoms with E-state index < -0.39 is 0 Å². The van der Waals surface area contributed by atoms with E-state index in [2.05, 4.69) is 39.4 Å². The summed E-state index contributed by atoms with van der Waals surface area (Å²) in [5.41, 5.74) is 3.87. The van der Waals surface area contributed by atoms with E-state index in [1.165, 1.54) is 16.0 Å². The van der Waals surface area contributed by atoms with Gasteiger partial charge < -0.3 is 5.32 Å². The van der Waals surface area contributed by atoms with Crippen LogP contribution in [0.5, 0.6) is 0 Å². The minimum atomic E-state index is -0.214. The Morgan fingerprint density at radius 1 is 0.750 bits per heavy atom. The molecule has 1 aliphatic carbocycles. The second-order valence-electron chi connectivity index (χ2n) is 10.0. The minimum absolute atomic E-state index is 0.0820. The van der Waals surface area contributed by atoms with Crippen LogP contribution in [0.3, 0.4) is 0 Å². The predicted octanol–water partition coefficient (Wildman–Crippen LogP) is 2.34. The normalized spacial score (nSPS) is 18.6. The van der Waals surface area contributed by atoms with Crippen molar-refractivity contribution in [3.63, 3.8) is 0 Å². The average Bonchev–Trinajstić information content (AvgIpc) is 3.30. The van der Waals surface area contributed by atoms with E-state index in [-0.39, 0.29) is 23.8 Å². The molecule has 0 saturated carbocycles. The third kappa shape index (κ3) is 4.29. The molecule has 0 atom stereocenters. The van der Waals surface area contributed by atoms with E-state index in [9.17, 15) is 14.4 Å². The molecule has 0 radical (unpaired) electrons. The molecule has 1 saturated heterocycles. The molecule has 7 heteroatoms. The third-order valence-corrected chi connectivity index (χ3v) is 7.74. The fourth-order valence-corrected chi connectivity index (χ4v) is 5.83. The maximum absolute atomic E-state index is 13.1. The van der Waals surface area contributed by atoms with Gasteiger partial charge in [0, 0.05) is 61.8 Å². The molecule has 3 aliphatic rings. The van der Waals surface area contributed by atoms with Crippen LogP contribution >= 0.6 is 0 Å². The molecule has 0 aromatic heterocycles. The number of nitrogens with one attached hydrogen (secondary N) is 1. The number of piperazine rings is 1. The fraction of sp³-hybridized carbons (Fsp3) is 0.345. The van der Waals surface area contributed by atoms with Gasteiger partial charge in [0.2, 0.25) is 5.91 Å². The molecule has 7 nitrogen and oxygen atoms in total. The molecule has 0 bridgehead atoms. The molecule has 1 fully saturated rings. The largest absolute Gasteiger partial charge is 0.352 e. The molecule has 0 unspecified atom stereocenters. The minimum Gasteiger partial charge on any atom is -0.352 e. The Bertz CT molecular complexity index is 1270. The molecule has 184 valence electrons. The van der Waals surface area contributed by atoms with Crippen molar-refractivity contribution in [2.75, 3.05) is 45.8 Å². The van der Waals surface area contributed by atoms with Crippen LogP contribution in [-0.2, 0) is 17.6 Å². The van der Waals surface area contributed by atoms with Crippen LogP contribution in [0.15, 0.2) is 60.7 Å². The third-order valence-electron chi connectivity index (χ3n) is 7.74. The van der Waals surface area contributed by atoms with Gasteiger partial charge in [-0.3, -0.25) is 29.1 Å². The number of rotatable bonds is 6. The Morgan fingerprint density at radius 2 is 1.33 bits per heavy atom. The van der Waals surface area contributed by atoms with Crippen molar-refractivity contribution in [2.45, 2.75) is 18.9 Å². The fourth-order valence-electron chi connectivity index (χ4n) is 5.83. The number of hydrogen-bond donors (Lipinski definition) is 1. The van der Waals surface area contributed by atoms with Crippen LogP contribution in [0.25, 0.3) is 10.8 Å². The number of hydrogen-bond acceptors (Lipinski definition) is 5. The Kier molecular flexibility index (Phi) is 6.03. The lowest BCUT2D eigenvalue weighted by Gasteiger charge is -2.36. The average molecular weight is 483 g/mol. The molecule has 2 heterocycles. The number of carbonyl (C=O) groups excluding carboxylic acids is 3. The number of amides is 3. The van der Waals surface area contributed by atoms with Crippen molar-refractivity contribution < 1.29 is 14.4 Å². The van der Waals surface area contributed by atoms with Gasteiger partial charge in [-0.2, -0.15) is 0 Å². The predicted molar refractivity (Wildman–Crippen MR) is 138 cm³/mol. The van der Waals surface area contributed by atoms with Gasteiger partial charge >= 0.3 is 0 Å². The van der Waals surface area contributed by atoms with Crippen molar-refractivity contribution in [1.82, 2.24) is 20.0 Å². The van der Waals surface area contributed by atoms with E-state index in [0.29, 0.717) is 30.8 Å². The van der Waals surface area contributed by atoms with Crippen molar-refractivity contribution >= 4 is 28.5 Å². The Labute approximate surface area is 210 Å². The highest BCUT2D eigenvalue weighted by atomic mass is 16.2. The molecule has 6 rings (SSSR count). The smallest absolute Gasteiger partial charge is 0.261 e. The van der Waals surface area contributed by atoms with Crippen molar-refractivity contribution in [3.05, 3.63) is 82.9 Å². The monoisotopic (exact) mass is 482 g/mol. The van der Waals surface area contributed by atoms with Crippen LogP contribution in [0.4, 0.5) is 0 Å². The van der Waals surface area contributed by atoms with Crippen molar-refractivity contribution in [3.8, 4) is 0 Å². The van der Waals surface area contributed by atoms with E-state index in [4.69, 9.17) is 0 Å². The first-order valence-corrected chi connectivity index (χ1v) is 12.8. The second kappa shape index (κ2) is 9.48. The molecule has 36 heavy (non-hydrogen) atoms. The Hall–Kier alpha value is -3.55. The van der Waals surface area contributed by atoms with Gasteiger partial charge in [-0.1, -0.05) is 48.5 Å². The maximum atomic E-state index is 13.1. The van der Waals surface area contributed by atoms with Gasteiger partial charge in [-0.25, -0.2) is 0 Å². The first-order chi connectivity index (χ1) is 17.6. The summed E-state index contributed by atoms with van der Waals surface area (Å²) in [6.45, 7) is 4.62. The molecule has 3 amide bonds. The molecular formula is C29H30N4O3. The first kappa shape index (κ1) is 22.9. The van der Waals surface area contributed by atoms with E-state index in [1.807, 2.05) is 36.4 Å².